The van der Waals surface area contributed by atoms with Crippen molar-refractivity contribution >= 4 is 28.0 Å². The van der Waals surface area contributed by atoms with Crippen molar-refractivity contribution in [1.82, 2.24) is 10.3 Å². The van der Waals surface area contributed by atoms with Crippen molar-refractivity contribution in [3.63, 3.8) is 0 Å². The molecule has 0 unspecified atom stereocenters. The molecule has 1 N–H and O–H groups in total. The van der Waals surface area contributed by atoms with E-state index in [1.807, 2.05) is 0 Å². The highest BCUT2D eigenvalue weighted by molar-refractivity contribution is 9.10. The number of esters is 1. The van der Waals surface area contributed by atoms with Gasteiger partial charge in [-0.05, 0) is 54.4 Å². The lowest BCUT2D eigenvalue weighted by Gasteiger charge is -2.22. The van der Waals surface area contributed by atoms with E-state index in [4.69, 9.17) is 9.47 Å². The number of halogens is 1. The van der Waals surface area contributed by atoms with E-state index in [9.17, 15) is 9.59 Å². The van der Waals surface area contributed by atoms with Crippen molar-refractivity contribution in [2.24, 2.45) is 0 Å². The minimum absolute atomic E-state index is 0.285. The van der Waals surface area contributed by atoms with E-state index >= 15 is 0 Å². The van der Waals surface area contributed by atoms with Crippen LogP contribution in [0.15, 0.2) is 22.9 Å². The topological polar surface area (TPSA) is 77.5 Å². The van der Waals surface area contributed by atoms with Crippen molar-refractivity contribution in [2.45, 2.75) is 38.8 Å². The van der Waals surface area contributed by atoms with E-state index in [1.165, 1.54) is 7.11 Å². The first-order chi connectivity index (χ1) is 9.71. The Kier molecular flexibility index (Phi) is 6.14. The summed E-state index contributed by atoms with van der Waals surface area (Å²) >= 11 is 3.26. The molecule has 0 saturated carbocycles. The van der Waals surface area contributed by atoms with Gasteiger partial charge in [0.15, 0.2) is 0 Å². The van der Waals surface area contributed by atoms with Gasteiger partial charge in [-0.3, -0.25) is 0 Å². The van der Waals surface area contributed by atoms with Gasteiger partial charge in [-0.1, -0.05) is 0 Å². The molecular formula is C14H19BrN2O4. The molecule has 0 fully saturated rings. The first-order valence-corrected chi connectivity index (χ1v) is 7.18. The number of aromatic nitrogens is 1. The third-order valence-electron chi connectivity index (χ3n) is 2.41. The molecular weight excluding hydrogens is 340 g/mol. The predicted molar refractivity (Wildman–Crippen MR) is 80.8 cm³/mol. The molecule has 0 aliphatic heterocycles. The van der Waals surface area contributed by atoms with Crippen LogP contribution in [-0.2, 0) is 20.7 Å². The van der Waals surface area contributed by atoms with Crippen molar-refractivity contribution in [3.05, 3.63) is 28.5 Å². The van der Waals surface area contributed by atoms with E-state index < -0.39 is 23.7 Å². The lowest BCUT2D eigenvalue weighted by Crippen LogP contribution is -2.45. The Morgan fingerprint density at radius 3 is 2.62 bits per heavy atom. The number of hydrogen-bond donors (Lipinski definition) is 1. The molecule has 1 amide bonds. The molecule has 116 valence electrons. The first-order valence-electron chi connectivity index (χ1n) is 6.39. The van der Waals surface area contributed by atoms with Crippen LogP contribution in [-0.4, -0.2) is 35.8 Å². The van der Waals surface area contributed by atoms with Gasteiger partial charge < -0.3 is 14.8 Å². The summed E-state index contributed by atoms with van der Waals surface area (Å²) < 4.78 is 10.5. The number of nitrogens with zero attached hydrogens (tertiary/aromatic N) is 1. The van der Waals surface area contributed by atoms with Crippen LogP contribution >= 0.6 is 15.9 Å². The molecule has 0 saturated heterocycles. The number of alkyl carbamates (subject to hydrolysis) is 1. The van der Waals surface area contributed by atoms with Crippen molar-refractivity contribution in [2.75, 3.05) is 7.11 Å². The summed E-state index contributed by atoms with van der Waals surface area (Å²) in [6.45, 7) is 5.25. The average Bonchev–Trinajstić information content (AvgIpc) is 2.34. The van der Waals surface area contributed by atoms with Crippen LogP contribution in [0.25, 0.3) is 0 Å². The van der Waals surface area contributed by atoms with Gasteiger partial charge in [-0.25, -0.2) is 14.6 Å². The van der Waals surface area contributed by atoms with E-state index in [0.717, 1.165) is 5.56 Å². The summed E-state index contributed by atoms with van der Waals surface area (Å²) in [6, 6.07) is 2.71. The number of amides is 1. The molecule has 1 rings (SSSR count). The molecule has 0 radical (unpaired) electrons. The average molecular weight is 359 g/mol. The van der Waals surface area contributed by atoms with E-state index in [2.05, 4.69) is 26.2 Å². The van der Waals surface area contributed by atoms with Crippen LogP contribution in [0.5, 0.6) is 0 Å². The highest BCUT2D eigenvalue weighted by Gasteiger charge is 2.25. The molecule has 1 aromatic rings. The van der Waals surface area contributed by atoms with Gasteiger partial charge in [0.1, 0.15) is 16.2 Å². The maximum absolute atomic E-state index is 11.8. The Morgan fingerprint density at radius 2 is 2.10 bits per heavy atom. The Bertz CT molecular complexity index is 514. The predicted octanol–water partition coefficient (Wildman–Crippen LogP) is 2.45. The minimum atomic E-state index is -0.820. The fourth-order valence-corrected chi connectivity index (χ4v) is 2.00. The van der Waals surface area contributed by atoms with Crippen molar-refractivity contribution < 1.29 is 19.1 Å². The maximum atomic E-state index is 11.8. The third-order valence-corrected chi connectivity index (χ3v) is 2.84. The SMILES string of the molecule is COC(=O)[C@H](Cc1ccnc(Br)c1)NC(=O)OC(C)(C)C. The van der Waals surface area contributed by atoms with Gasteiger partial charge in [0.05, 0.1) is 7.11 Å². The zero-order chi connectivity index (χ0) is 16.0. The Hall–Kier alpha value is -1.63. The smallest absolute Gasteiger partial charge is 0.408 e. The number of nitrogens with one attached hydrogen (secondary N) is 1. The number of hydrogen-bond acceptors (Lipinski definition) is 5. The summed E-state index contributed by atoms with van der Waals surface area (Å²) in [5.41, 5.74) is 0.202. The maximum Gasteiger partial charge on any atom is 0.408 e. The van der Waals surface area contributed by atoms with E-state index in [0.29, 0.717) is 4.60 Å². The molecule has 0 aliphatic carbocycles. The lowest BCUT2D eigenvalue weighted by molar-refractivity contribution is -0.143. The molecule has 1 atom stereocenters. The largest absolute Gasteiger partial charge is 0.467 e. The van der Waals surface area contributed by atoms with Crippen LogP contribution < -0.4 is 5.32 Å². The van der Waals surface area contributed by atoms with E-state index in [1.54, 1.807) is 39.1 Å². The quantitative estimate of drug-likeness (QED) is 0.660. The summed E-state index contributed by atoms with van der Waals surface area (Å²) in [5.74, 6) is -0.534. The van der Waals surface area contributed by atoms with Crippen LogP contribution in [0.1, 0.15) is 26.3 Å². The molecule has 6 nitrogen and oxygen atoms in total. The number of rotatable bonds is 4. The molecule has 0 aromatic carbocycles. The number of pyridine rings is 1. The molecule has 21 heavy (non-hydrogen) atoms. The van der Waals surface area contributed by atoms with Gasteiger partial charge >= 0.3 is 12.1 Å². The second-order valence-electron chi connectivity index (χ2n) is 5.41. The first kappa shape index (κ1) is 17.4. The Morgan fingerprint density at radius 1 is 1.43 bits per heavy atom. The van der Waals surface area contributed by atoms with Crippen LogP contribution in [0, 0.1) is 0 Å². The molecule has 0 aliphatic rings. The minimum Gasteiger partial charge on any atom is -0.467 e. The fourth-order valence-electron chi connectivity index (χ4n) is 1.59. The fraction of sp³-hybridized carbons (Fsp3) is 0.500. The van der Waals surface area contributed by atoms with Crippen LogP contribution in [0.3, 0.4) is 0 Å². The third kappa shape index (κ3) is 6.57. The standard InChI is InChI=1S/C14H19BrN2O4/c1-14(2,3)21-13(19)17-10(12(18)20-4)7-9-5-6-16-11(15)8-9/h5-6,8,10H,7H2,1-4H3,(H,17,19)/t10-/m0/s1. The lowest BCUT2D eigenvalue weighted by atomic mass is 10.1. The second kappa shape index (κ2) is 7.40. The van der Waals surface area contributed by atoms with Gasteiger partial charge in [0.2, 0.25) is 0 Å². The normalized spacial score (nSPS) is 12.4. The number of ether oxygens (including phenoxy) is 2. The summed E-state index contributed by atoms with van der Waals surface area (Å²) in [7, 11) is 1.27. The van der Waals surface area contributed by atoms with E-state index in [-0.39, 0.29) is 6.42 Å². The second-order valence-corrected chi connectivity index (χ2v) is 6.23. The molecule has 7 heteroatoms. The van der Waals surface area contributed by atoms with Crippen molar-refractivity contribution in [3.8, 4) is 0 Å². The number of carbonyl (C=O) groups is 2. The zero-order valence-corrected chi connectivity index (χ0v) is 14.1. The van der Waals surface area contributed by atoms with Gasteiger partial charge in [0, 0.05) is 12.6 Å². The van der Waals surface area contributed by atoms with Crippen molar-refractivity contribution in [1.29, 1.82) is 0 Å². The molecule has 0 bridgehead atoms. The summed E-state index contributed by atoms with van der Waals surface area (Å²) in [6.07, 6.45) is 1.24. The Labute approximate surface area is 132 Å². The molecule has 1 heterocycles. The van der Waals surface area contributed by atoms with Gasteiger partial charge in [-0.2, -0.15) is 0 Å². The number of carbonyl (C=O) groups excluding carboxylic acids is 2. The highest BCUT2D eigenvalue weighted by atomic mass is 79.9. The zero-order valence-electron chi connectivity index (χ0n) is 12.5. The number of methoxy groups -OCH3 is 1. The molecule has 1 aromatic heterocycles. The summed E-state index contributed by atoms with van der Waals surface area (Å²) in [4.78, 5) is 27.6. The summed E-state index contributed by atoms with van der Waals surface area (Å²) in [5, 5.41) is 2.52. The van der Waals surface area contributed by atoms with Crippen LogP contribution in [0.4, 0.5) is 4.79 Å². The highest BCUT2D eigenvalue weighted by Crippen LogP contribution is 2.12. The van der Waals surface area contributed by atoms with Gasteiger partial charge in [-0.15, -0.1) is 0 Å². The Balaban J connectivity index is 2.77. The molecule has 0 spiro atoms. The van der Waals surface area contributed by atoms with Crippen LogP contribution in [0.2, 0.25) is 0 Å². The van der Waals surface area contributed by atoms with Gasteiger partial charge in [0.25, 0.3) is 0 Å². The monoisotopic (exact) mass is 358 g/mol.